The molecule has 4 atom stereocenters. The first-order valence-corrected chi connectivity index (χ1v) is 22.5. The number of methoxy groups -OCH3 is 2. The predicted octanol–water partition coefficient (Wildman–Crippen LogP) is 12.2. The molecule has 21 heteroatoms. The number of ether oxygens (including phenoxy) is 2. The second kappa shape index (κ2) is 24.0. The number of para-hydroxylation sites is 2. The number of hydrogen-bond donors (Lipinski definition) is 4. The molecule has 5 aromatic rings. The smallest absolute Gasteiger partial charge is 0.258 e. The van der Waals surface area contributed by atoms with Crippen LogP contribution in [0.25, 0.3) is 0 Å². The van der Waals surface area contributed by atoms with Gasteiger partial charge in [-0.1, -0.05) is 47.5 Å². The quantitative estimate of drug-likeness (QED) is 0.0353. The van der Waals surface area contributed by atoms with Gasteiger partial charge in [0.1, 0.15) is 22.9 Å². The van der Waals surface area contributed by atoms with Gasteiger partial charge in [0.05, 0.1) is 46.4 Å². The molecule has 0 aliphatic carbocycles. The largest absolute Gasteiger partial charge is 0.495 e. The molecule has 4 amide bonds. The molecular formula is C47H43Cl5N8O8. The first kappa shape index (κ1) is 52.5. The zero-order valence-electron chi connectivity index (χ0n) is 37.1. The summed E-state index contributed by atoms with van der Waals surface area (Å²) in [5.41, 5.74) is 2.90. The number of alkyl halides is 3. The monoisotopic (exact) mass is 1020 g/mol. The van der Waals surface area contributed by atoms with Gasteiger partial charge in [-0.3, -0.25) is 28.8 Å². The van der Waals surface area contributed by atoms with E-state index in [9.17, 15) is 28.8 Å². The van der Waals surface area contributed by atoms with Gasteiger partial charge >= 0.3 is 0 Å². The SMILES string of the molecule is COc1cccc(C(C)Cl)c1NC(=O)c1ccc(Cl)c(N=NC(C(C)=O)C(=O)Nc2ccc(NC(=O)C(N=Nc3cc(C(=O)Nc4c(OC)cccc4C(C)Cl)ccc3Cl)C(C)=O)c(CCl)c2)c1. The van der Waals surface area contributed by atoms with Gasteiger partial charge in [0.25, 0.3) is 23.6 Å². The Morgan fingerprint density at radius 3 is 1.43 bits per heavy atom. The van der Waals surface area contributed by atoms with Gasteiger partial charge in [-0.15, -0.1) is 34.8 Å². The molecule has 0 aromatic heterocycles. The van der Waals surface area contributed by atoms with E-state index in [-0.39, 0.29) is 49.8 Å². The van der Waals surface area contributed by atoms with Crippen LogP contribution >= 0.6 is 58.0 Å². The van der Waals surface area contributed by atoms with Crippen molar-refractivity contribution in [3.8, 4) is 11.5 Å². The lowest BCUT2D eigenvalue weighted by Gasteiger charge is -2.16. The highest BCUT2D eigenvalue weighted by Gasteiger charge is 2.27. The Labute approximate surface area is 416 Å². The van der Waals surface area contributed by atoms with E-state index in [0.29, 0.717) is 39.6 Å². The average Bonchev–Trinajstić information content (AvgIpc) is 3.30. The van der Waals surface area contributed by atoms with Crippen molar-refractivity contribution < 1.29 is 38.2 Å². The van der Waals surface area contributed by atoms with Crippen LogP contribution in [-0.4, -0.2) is 61.5 Å². The number of rotatable bonds is 19. The van der Waals surface area contributed by atoms with Crippen molar-refractivity contribution in [2.75, 3.05) is 35.5 Å². The molecular weight excluding hydrogens is 982 g/mol. The van der Waals surface area contributed by atoms with E-state index >= 15 is 0 Å². The van der Waals surface area contributed by atoms with Crippen LogP contribution in [0, 0.1) is 0 Å². The highest BCUT2D eigenvalue weighted by Crippen LogP contribution is 2.38. The van der Waals surface area contributed by atoms with Crippen molar-refractivity contribution in [1.29, 1.82) is 0 Å². The molecule has 16 nitrogen and oxygen atoms in total. The summed E-state index contributed by atoms with van der Waals surface area (Å²) in [6, 6.07) is 19.7. The number of carbonyl (C=O) groups excluding carboxylic acids is 6. The third-order valence-corrected chi connectivity index (χ3v) is 11.3. The summed E-state index contributed by atoms with van der Waals surface area (Å²) >= 11 is 31.7. The maximum Gasteiger partial charge on any atom is 0.258 e. The molecule has 0 spiro atoms. The molecule has 0 aliphatic heterocycles. The highest BCUT2D eigenvalue weighted by atomic mass is 35.5. The van der Waals surface area contributed by atoms with Gasteiger partial charge in [0.15, 0.2) is 11.6 Å². The fourth-order valence-electron chi connectivity index (χ4n) is 6.39. The first-order chi connectivity index (χ1) is 32.4. The van der Waals surface area contributed by atoms with Crippen LogP contribution in [0.1, 0.15) is 75.9 Å². The van der Waals surface area contributed by atoms with Gasteiger partial charge in [0, 0.05) is 28.4 Å². The Balaban J connectivity index is 1.28. The minimum atomic E-state index is -1.65. The summed E-state index contributed by atoms with van der Waals surface area (Å²) in [4.78, 5) is 79.0. The van der Waals surface area contributed by atoms with Gasteiger partial charge < -0.3 is 30.7 Å². The van der Waals surface area contributed by atoms with Crippen LogP contribution in [0.3, 0.4) is 0 Å². The molecule has 0 saturated heterocycles. The van der Waals surface area contributed by atoms with E-state index in [1.807, 2.05) is 0 Å². The summed E-state index contributed by atoms with van der Waals surface area (Å²) in [5, 5.41) is 26.1. The predicted molar refractivity (Wildman–Crippen MR) is 265 cm³/mol. The molecule has 0 bridgehead atoms. The van der Waals surface area contributed by atoms with Crippen molar-refractivity contribution in [3.05, 3.63) is 129 Å². The summed E-state index contributed by atoms with van der Waals surface area (Å²) < 4.78 is 10.8. The fourth-order valence-corrected chi connectivity index (χ4v) is 7.29. The van der Waals surface area contributed by atoms with E-state index in [1.165, 1.54) is 68.8 Å². The van der Waals surface area contributed by atoms with E-state index in [1.54, 1.807) is 50.2 Å². The minimum Gasteiger partial charge on any atom is -0.495 e. The van der Waals surface area contributed by atoms with Gasteiger partial charge in [-0.25, -0.2) is 0 Å². The zero-order chi connectivity index (χ0) is 49.8. The number of azo groups is 2. The van der Waals surface area contributed by atoms with E-state index in [4.69, 9.17) is 67.5 Å². The number of ketones is 2. The molecule has 0 aliphatic rings. The molecule has 354 valence electrons. The molecule has 0 fully saturated rings. The maximum absolute atomic E-state index is 13.5. The molecule has 0 heterocycles. The second-order valence-corrected chi connectivity index (χ2v) is 17.2. The molecule has 0 saturated carbocycles. The summed E-state index contributed by atoms with van der Waals surface area (Å²) in [7, 11) is 2.92. The Hall–Kier alpha value is -6.43. The van der Waals surface area contributed by atoms with Gasteiger partial charge in [-0.05, 0) is 111 Å². The summed E-state index contributed by atoms with van der Waals surface area (Å²) in [6.45, 7) is 5.79. The number of anilines is 4. The van der Waals surface area contributed by atoms with E-state index < -0.39 is 58.0 Å². The van der Waals surface area contributed by atoms with Crippen molar-refractivity contribution >= 4 is 127 Å². The Morgan fingerprint density at radius 1 is 0.588 bits per heavy atom. The van der Waals surface area contributed by atoms with Gasteiger partial charge in [-0.2, -0.15) is 20.5 Å². The zero-order valence-corrected chi connectivity index (χ0v) is 40.9. The van der Waals surface area contributed by atoms with Crippen LogP contribution in [0.5, 0.6) is 11.5 Å². The Morgan fingerprint density at radius 2 is 1.03 bits per heavy atom. The van der Waals surface area contributed by atoms with Crippen LogP contribution in [0.15, 0.2) is 111 Å². The molecule has 68 heavy (non-hydrogen) atoms. The van der Waals surface area contributed by atoms with Crippen molar-refractivity contribution in [3.63, 3.8) is 0 Å². The van der Waals surface area contributed by atoms with Crippen LogP contribution in [0.4, 0.5) is 34.1 Å². The Bertz CT molecular complexity index is 2820. The van der Waals surface area contributed by atoms with Crippen molar-refractivity contribution in [2.45, 2.75) is 56.4 Å². The third kappa shape index (κ3) is 13.2. The molecule has 4 N–H and O–H groups in total. The van der Waals surface area contributed by atoms with Gasteiger partial charge in [0.2, 0.25) is 12.1 Å². The normalized spacial score (nSPS) is 13.0. The lowest BCUT2D eigenvalue weighted by atomic mass is 10.1. The number of nitrogens with zero attached hydrogens (tertiary/aromatic N) is 4. The number of carbonyl (C=O) groups is 6. The molecule has 5 aromatic carbocycles. The van der Waals surface area contributed by atoms with Crippen LogP contribution in [0.2, 0.25) is 10.0 Å². The summed E-state index contributed by atoms with van der Waals surface area (Å²) in [6.07, 6.45) is 0. The Kier molecular flexibility index (Phi) is 18.6. The van der Waals surface area contributed by atoms with E-state index in [0.717, 1.165) is 13.8 Å². The number of amides is 4. The number of Topliss-reactive ketones (excluding diaryl/α,β-unsaturated/α-hetero) is 2. The lowest BCUT2D eigenvalue weighted by molar-refractivity contribution is -0.127. The molecule has 5 rings (SSSR count). The summed E-state index contributed by atoms with van der Waals surface area (Å²) in [5.74, 6) is -3.56. The number of hydrogen-bond acceptors (Lipinski definition) is 12. The fraction of sp³-hybridized carbons (Fsp3) is 0.234. The molecule has 0 radical (unpaired) electrons. The number of nitrogens with one attached hydrogen (secondary N) is 4. The lowest BCUT2D eigenvalue weighted by Crippen LogP contribution is -2.32. The van der Waals surface area contributed by atoms with Crippen LogP contribution in [-0.2, 0) is 25.1 Å². The molecule has 4 unspecified atom stereocenters. The minimum absolute atomic E-state index is 0.00214. The van der Waals surface area contributed by atoms with Crippen LogP contribution < -0.4 is 30.7 Å². The maximum atomic E-state index is 13.5. The van der Waals surface area contributed by atoms with Crippen molar-refractivity contribution in [1.82, 2.24) is 0 Å². The topological polar surface area (TPSA) is 218 Å². The van der Waals surface area contributed by atoms with Crippen molar-refractivity contribution in [2.24, 2.45) is 20.5 Å². The average molecular weight is 1030 g/mol. The van der Waals surface area contributed by atoms with E-state index in [2.05, 4.69) is 41.7 Å². The number of halogens is 5. The first-order valence-electron chi connectivity index (χ1n) is 20.3. The third-order valence-electron chi connectivity index (χ3n) is 9.91. The standard InChI is InChI=1S/C47H43Cl5N8O8/c1-23(49)31-9-7-11-38(67-5)42(31)55-44(63)27-13-16-33(51)36(20-27)57-59-40(25(3)61)46(65)53-30-15-18-35(29(19-30)22-48)54-47(66)41(26(4)62)60-58-37-21-28(14-17-34(37)52)45(64)56-43-32(24(2)50)10-8-12-39(43)68-6/h7-21,23-24,40-41H,22H2,1-6H3,(H,53,65)(H,54,66)(H,55,63)(H,56,64). The highest BCUT2D eigenvalue weighted by molar-refractivity contribution is 6.33. The second-order valence-electron chi connectivity index (χ2n) is 14.8. The number of benzene rings is 5.